The largest absolute Gasteiger partial charge is 0.507 e. The standard InChI is InChI=1S/C26H23N3O8S/c1-4-12-37-18-7-5-6-16(13-18)21(30)19-20(15-8-10-17(11-9-15)29(34)35)28(24(32)22(19)31)26-27-14(2)23(38-26)25(33)36-3/h5-11,13,20,30H,4,12H2,1-3H3. The Kier molecular flexibility index (Phi) is 7.53. The number of benzene rings is 2. The average molecular weight is 538 g/mol. The van der Waals surface area contributed by atoms with Gasteiger partial charge >= 0.3 is 11.9 Å². The minimum Gasteiger partial charge on any atom is -0.507 e. The van der Waals surface area contributed by atoms with Crippen molar-refractivity contribution >= 4 is 45.6 Å². The number of thiazole rings is 1. The Hall–Kier alpha value is -4.58. The van der Waals surface area contributed by atoms with Crippen molar-refractivity contribution in [1.29, 1.82) is 0 Å². The van der Waals surface area contributed by atoms with Crippen molar-refractivity contribution in [2.75, 3.05) is 18.6 Å². The molecule has 0 bridgehead atoms. The summed E-state index contributed by atoms with van der Waals surface area (Å²) in [5, 5.41) is 22.5. The van der Waals surface area contributed by atoms with Crippen LogP contribution in [-0.4, -0.2) is 46.4 Å². The maximum absolute atomic E-state index is 13.3. The second-order valence-electron chi connectivity index (χ2n) is 8.30. The molecule has 4 rings (SSSR count). The number of carbonyl (C=O) groups is 3. The molecule has 1 unspecified atom stereocenters. The van der Waals surface area contributed by atoms with Gasteiger partial charge in [-0.1, -0.05) is 30.4 Å². The lowest BCUT2D eigenvalue weighted by Gasteiger charge is -2.23. The van der Waals surface area contributed by atoms with E-state index in [9.17, 15) is 29.6 Å². The van der Waals surface area contributed by atoms with E-state index in [0.29, 0.717) is 23.6 Å². The van der Waals surface area contributed by atoms with E-state index in [4.69, 9.17) is 9.47 Å². The molecule has 38 heavy (non-hydrogen) atoms. The fourth-order valence-electron chi connectivity index (χ4n) is 4.00. The molecule has 0 saturated carbocycles. The highest BCUT2D eigenvalue weighted by Crippen LogP contribution is 2.44. The Balaban J connectivity index is 1.90. The van der Waals surface area contributed by atoms with E-state index in [0.717, 1.165) is 22.7 Å². The monoisotopic (exact) mass is 537 g/mol. The maximum Gasteiger partial charge on any atom is 0.350 e. The lowest BCUT2D eigenvalue weighted by atomic mass is 9.95. The zero-order valence-electron chi connectivity index (χ0n) is 20.7. The first-order chi connectivity index (χ1) is 18.2. The summed E-state index contributed by atoms with van der Waals surface area (Å²) in [6.45, 7) is 3.95. The molecule has 1 atom stereocenters. The molecule has 2 heterocycles. The molecule has 196 valence electrons. The highest BCUT2D eigenvalue weighted by atomic mass is 32.1. The quantitative estimate of drug-likeness (QED) is 0.109. The fourth-order valence-corrected chi connectivity index (χ4v) is 5.01. The van der Waals surface area contributed by atoms with E-state index < -0.39 is 34.4 Å². The van der Waals surface area contributed by atoms with Crippen LogP contribution < -0.4 is 9.64 Å². The van der Waals surface area contributed by atoms with Gasteiger partial charge in [-0.05, 0) is 43.2 Å². The lowest BCUT2D eigenvalue weighted by Crippen LogP contribution is -2.29. The minimum atomic E-state index is -1.17. The number of aromatic nitrogens is 1. The van der Waals surface area contributed by atoms with Crippen molar-refractivity contribution in [2.45, 2.75) is 26.3 Å². The van der Waals surface area contributed by atoms with Gasteiger partial charge in [0.05, 0.1) is 35.9 Å². The summed E-state index contributed by atoms with van der Waals surface area (Å²) in [5.41, 5.74) is 0.437. The summed E-state index contributed by atoms with van der Waals surface area (Å²) in [7, 11) is 1.21. The van der Waals surface area contributed by atoms with Crippen LogP contribution in [0.3, 0.4) is 0 Å². The van der Waals surface area contributed by atoms with Crippen LogP contribution in [0.1, 0.15) is 45.9 Å². The maximum atomic E-state index is 13.3. The predicted octanol–water partition coefficient (Wildman–Crippen LogP) is 4.56. The van der Waals surface area contributed by atoms with E-state index in [1.807, 2.05) is 6.92 Å². The number of carbonyl (C=O) groups excluding carboxylic acids is 3. The number of Topliss-reactive ketones (excluding diaryl/α,β-unsaturated/α-hetero) is 1. The highest BCUT2D eigenvalue weighted by molar-refractivity contribution is 7.17. The number of methoxy groups -OCH3 is 1. The Morgan fingerprint density at radius 3 is 2.55 bits per heavy atom. The second kappa shape index (κ2) is 10.8. The van der Waals surface area contributed by atoms with Gasteiger partial charge in [-0.15, -0.1) is 0 Å². The van der Waals surface area contributed by atoms with Crippen LogP contribution in [0, 0.1) is 17.0 Å². The molecule has 11 nitrogen and oxygen atoms in total. The molecule has 1 amide bonds. The number of hydrogen-bond acceptors (Lipinski definition) is 10. The molecule has 3 aromatic rings. The fraction of sp³-hybridized carbons (Fsp3) is 0.231. The zero-order chi connectivity index (χ0) is 27.6. The lowest BCUT2D eigenvalue weighted by molar-refractivity contribution is -0.384. The summed E-state index contributed by atoms with van der Waals surface area (Å²) >= 11 is 0.858. The second-order valence-corrected chi connectivity index (χ2v) is 9.27. The average Bonchev–Trinajstić information content (AvgIpc) is 3.43. The van der Waals surface area contributed by atoms with E-state index in [-0.39, 0.29) is 26.8 Å². The number of aliphatic hydroxyl groups excluding tert-OH is 1. The molecule has 1 N–H and O–H groups in total. The third-order valence-electron chi connectivity index (χ3n) is 5.81. The van der Waals surface area contributed by atoms with Gasteiger partial charge in [-0.3, -0.25) is 24.6 Å². The predicted molar refractivity (Wildman–Crippen MR) is 138 cm³/mol. The number of non-ortho nitro benzene ring substituents is 1. The van der Waals surface area contributed by atoms with Crippen molar-refractivity contribution in [2.24, 2.45) is 0 Å². The summed E-state index contributed by atoms with van der Waals surface area (Å²) in [6.07, 6.45) is 0.766. The number of hydrogen-bond donors (Lipinski definition) is 1. The molecule has 1 aliphatic rings. The third-order valence-corrected chi connectivity index (χ3v) is 6.94. The summed E-state index contributed by atoms with van der Waals surface area (Å²) < 4.78 is 10.4. The number of ether oxygens (including phenoxy) is 2. The van der Waals surface area contributed by atoms with Gasteiger partial charge in [0.15, 0.2) is 5.13 Å². The minimum absolute atomic E-state index is 0.0347. The Labute approximate surface area is 221 Å². The van der Waals surface area contributed by atoms with Crippen LogP contribution in [0.4, 0.5) is 10.8 Å². The first-order valence-electron chi connectivity index (χ1n) is 11.5. The number of rotatable bonds is 8. The number of anilines is 1. The Morgan fingerprint density at radius 2 is 1.92 bits per heavy atom. The molecular weight excluding hydrogens is 514 g/mol. The summed E-state index contributed by atoms with van der Waals surface area (Å²) in [5.74, 6) is -2.58. The number of nitro groups is 1. The van der Waals surface area contributed by atoms with Crippen LogP contribution in [0.25, 0.3) is 5.76 Å². The van der Waals surface area contributed by atoms with E-state index in [2.05, 4.69) is 4.98 Å². The molecule has 12 heteroatoms. The Morgan fingerprint density at radius 1 is 1.21 bits per heavy atom. The first kappa shape index (κ1) is 26.5. The first-order valence-corrected chi connectivity index (χ1v) is 12.3. The van der Waals surface area contributed by atoms with Gasteiger partial charge in [-0.25, -0.2) is 9.78 Å². The molecular formula is C26H23N3O8S. The molecule has 1 fully saturated rings. The van der Waals surface area contributed by atoms with Gasteiger partial charge in [0.25, 0.3) is 11.5 Å². The molecule has 0 spiro atoms. The van der Waals surface area contributed by atoms with Gasteiger partial charge in [-0.2, -0.15) is 0 Å². The van der Waals surface area contributed by atoms with Crippen LogP contribution in [-0.2, 0) is 14.3 Å². The Bertz CT molecular complexity index is 1460. The molecule has 1 aliphatic heterocycles. The molecule has 2 aromatic carbocycles. The smallest absolute Gasteiger partial charge is 0.350 e. The van der Waals surface area contributed by atoms with Crippen LogP contribution in [0.2, 0.25) is 0 Å². The van der Waals surface area contributed by atoms with Gasteiger partial charge < -0.3 is 14.6 Å². The SMILES string of the molecule is CCCOc1cccc(C(O)=C2C(=O)C(=O)N(c3nc(C)c(C(=O)OC)s3)C2c2ccc([N+](=O)[O-])cc2)c1. The molecule has 0 radical (unpaired) electrons. The van der Waals surface area contributed by atoms with Crippen molar-refractivity contribution in [3.63, 3.8) is 0 Å². The number of amides is 1. The summed E-state index contributed by atoms with van der Waals surface area (Å²) in [6, 6.07) is 10.6. The number of nitrogens with zero attached hydrogens (tertiary/aromatic N) is 3. The van der Waals surface area contributed by atoms with Gasteiger partial charge in [0.2, 0.25) is 0 Å². The number of ketones is 1. The normalized spacial score (nSPS) is 16.5. The molecule has 1 aromatic heterocycles. The van der Waals surface area contributed by atoms with E-state index >= 15 is 0 Å². The van der Waals surface area contributed by atoms with Crippen LogP contribution >= 0.6 is 11.3 Å². The van der Waals surface area contributed by atoms with Crippen molar-refractivity contribution in [1.82, 2.24) is 4.98 Å². The summed E-state index contributed by atoms with van der Waals surface area (Å²) in [4.78, 5) is 55.0. The number of aliphatic hydroxyl groups is 1. The number of esters is 1. The van der Waals surface area contributed by atoms with Gasteiger partial charge in [0.1, 0.15) is 16.4 Å². The third kappa shape index (κ3) is 4.85. The van der Waals surface area contributed by atoms with E-state index in [1.54, 1.807) is 31.2 Å². The highest BCUT2D eigenvalue weighted by Gasteiger charge is 2.48. The van der Waals surface area contributed by atoms with Crippen molar-refractivity contribution < 1.29 is 33.9 Å². The van der Waals surface area contributed by atoms with Crippen LogP contribution in [0.5, 0.6) is 5.75 Å². The van der Waals surface area contributed by atoms with Crippen molar-refractivity contribution in [3.05, 3.63) is 85.9 Å². The van der Waals surface area contributed by atoms with Crippen molar-refractivity contribution in [3.8, 4) is 5.75 Å². The number of nitro benzene ring substituents is 1. The van der Waals surface area contributed by atoms with Crippen LogP contribution in [0.15, 0.2) is 54.1 Å². The molecule has 1 saturated heterocycles. The number of aryl methyl sites for hydroxylation is 1. The van der Waals surface area contributed by atoms with E-state index in [1.165, 1.54) is 31.4 Å². The molecule has 0 aliphatic carbocycles. The zero-order valence-corrected chi connectivity index (χ0v) is 21.5. The van der Waals surface area contributed by atoms with Gasteiger partial charge in [0, 0.05) is 17.7 Å². The topological polar surface area (TPSA) is 149 Å².